The Hall–Kier alpha value is -0.160. The summed E-state index contributed by atoms with van der Waals surface area (Å²) >= 11 is 0. The minimum absolute atomic E-state index is 0.865. The Bertz CT molecular complexity index is 225. The van der Waals surface area contributed by atoms with Crippen molar-refractivity contribution in [2.45, 2.75) is 25.3 Å². The molecular formula is C14H29N3O. The lowest BCUT2D eigenvalue weighted by molar-refractivity contribution is 0.0825. The van der Waals surface area contributed by atoms with Crippen LogP contribution in [0.2, 0.25) is 0 Å². The maximum Gasteiger partial charge on any atom is 0.0589 e. The van der Waals surface area contributed by atoms with Gasteiger partial charge < -0.3 is 9.64 Å². The van der Waals surface area contributed by atoms with Gasteiger partial charge in [-0.1, -0.05) is 6.42 Å². The molecule has 2 rings (SSSR count). The zero-order valence-corrected chi connectivity index (χ0v) is 12.1. The Labute approximate surface area is 112 Å². The van der Waals surface area contributed by atoms with Gasteiger partial charge in [-0.25, -0.2) is 0 Å². The number of piperazine rings is 1. The maximum atomic E-state index is 5.13. The van der Waals surface area contributed by atoms with Crippen LogP contribution in [0.4, 0.5) is 0 Å². The molecule has 0 spiro atoms. The largest absolute Gasteiger partial charge is 0.383 e. The zero-order chi connectivity index (χ0) is 12.8. The van der Waals surface area contributed by atoms with E-state index in [9.17, 15) is 0 Å². The molecule has 106 valence electrons. The molecule has 0 unspecified atom stereocenters. The van der Waals surface area contributed by atoms with E-state index < -0.39 is 0 Å². The molecular weight excluding hydrogens is 226 g/mol. The third-order valence-electron chi connectivity index (χ3n) is 4.54. The van der Waals surface area contributed by atoms with E-state index in [0.717, 1.165) is 19.2 Å². The average molecular weight is 255 g/mol. The van der Waals surface area contributed by atoms with Gasteiger partial charge in [0.1, 0.15) is 0 Å². The molecule has 4 heteroatoms. The summed E-state index contributed by atoms with van der Waals surface area (Å²) in [6, 6.07) is 0.882. The zero-order valence-electron chi connectivity index (χ0n) is 12.1. The number of nitrogens with zero attached hydrogens (tertiary/aromatic N) is 3. The fraction of sp³-hybridized carbons (Fsp3) is 1.00. The highest BCUT2D eigenvalue weighted by atomic mass is 16.5. The van der Waals surface area contributed by atoms with Gasteiger partial charge in [0, 0.05) is 59.0 Å². The highest BCUT2D eigenvalue weighted by molar-refractivity contribution is 4.79. The molecule has 1 aliphatic carbocycles. The van der Waals surface area contributed by atoms with Crippen LogP contribution >= 0.6 is 0 Å². The van der Waals surface area contributed by atoms with Gasteiger partial charge in [0.15, 0.2) is 0 Å². The van der Waals surface area contributed by atoms with Gasteiger partial charge in [0.2, 0.25) is 0 Å². The van der Waals surface area contributed by atoms with Crippen LogP contribution in [0.25, 0.3) is 0 Å². The van der Waals surface area contributed by atoms with Gasteiger partial charge in [0.05, 0.1) is 6.61 Å². The van der Waals surface area contributed by atoms with Crippen LogP contribution in [0.15, 0.2) is 0 Å². The lowest BCUT2D eigenvalue weighted by atomic mass is 9.92. The molecule has 0 aromatic heterocycles. The summed E-state index contributed by atoms with van der Waals surface area (Å²) in [5, 5.41) is 0. The van der Waals surface area contributed by atoms with Crippen LogP contribution in [-0.2, 0) is 4.74 Å². The average Bonchev–Trinajstić information content (AvgIpc) is 2.33. The van der Waals surface area contributed by atoms with E-state index in [1.807, 2.05) is 0 Å². The fourth-order valence-corrected chi connectivity index (χ4v) is 2.77. The van der Waals surface area contributed by atoms with Crippen molar-refractivity contribution in [2.75, 3.05) is 66.6 Å². The van der Waals surface area contributed by atoms with Crippen molar-refractivity contribution in [3.8, 4) is 0 Å². The predicted molar refractivity (Wildman–Crippen MR) is 75.0 cm³/mol. The molecule has 0 aromatic rings. The summed E-state index contributed by atoms with van der Waals surface area (Å²) in [7, 11) is 4.07. The van der Waals surface area contributed by atoms with E-state index in [1.165, 1.54) is 58.5 Å². The Balaban J connectivity index is 1.55. The molecule has 0 N–H and O–H groups in total. The van der Waals surface area contributed by atoms with Crippen LogP contribution in [0, 0.1) is 0 Å². The normalized spacial score (nSPS) is 23.5. The summed E-state index contributed by atoms with van der Waals surface area (Å²) in [5.41, 5.74) is 0. The standard InChI is InChI=1S/C14H29N3O/c1-15(14-4-3-5-14)6-7-16-8-10-17(11-9-16)12-13-18-2/h14H,3-13H2,1-2H3. The van der Waals surface area contributed by atoms with E-state index in [-0.39, 0.29) is 0 Å². The molecule has 0 aromatic carbocycles. The van der Waals surface area contributed by atoms with Crippen LogP contribution in [0.3, 0.4) is 0 Å². The number of methoxy groups -OCH3 is 1. The third kappa shape index (κ3) is 4.19. The van der Waals surface area contributed by atoms with Crippen molar-refractivity contribution >= 4 is 0 Å². The minimum atomic E-state index is 0.865. The van der Waals surface area contributed by atoms with E-state index in [2.05, 4.69) is 21.7 Å². The number of likely N-dealkylation sites (N-methyl/N-ethyl adjacent to an activating group) is 1. The molecule has 2 aliphatic rings. The van der Waals surface area contributed by atoms with Crippen molar-refractivity contribution < 1.29 is 4.74 Å². The lowest BCUT2D eigenvalue weighted by Gasteiger charge is -2.38. The number of ether oxygens (including phenoxy) is 1. The molecule has 1 aliphatic heterocycles. The Morgan fingerprint density at radius 2 is 1.67 bits per heavy atom. The molecule has 18 heavy (non-hydrogen) atoms. The molecule has 0 bridgehead atoms. The minimum Gasteiger partial charge on any atom is -0.383 e. The van der Waals surface area contributed by atoms with Crippen molar-refractivity contribution in [1.29, 1.82) is 0 Å². The summed E-state index contributed by atoms with van der Waals surface area (Å²) < 4.78 is 5.13. The quantitative estimate of drug-likeness (QED) is 0.668. The van der Waals surface area contributed by atoms with Crippen LogP contribution < -0.4 is 0 Å². The van der Waals surface area contributed by atoms with Crippen LogP contribution in [0.5, 0.6) is 0 Å². The first-order chi connectivity index (χ1) is 8.79. The van der Waals surface area contributed by atoms with Crippen molar-refractivity contribution in [2.24, 2.45) is 0 Å². The van der Waals surface area contributed by atoms with E-state index in [4.69, 9.17) is 4.74 Å². The second-order valence-corrected chi connectivity index (χ2v) is 5.74. The van der Waals surface area contributed by atoms with Gasteiger partial charge in [-0.2, -0.15) is 0 Å². The second-order valence-electron chi connectivity index (χ2n) is 5.74. The van der Waals surface area contributed by atoms with Crippen molar-refractivity contribution in [1.82, 2.24) is 14.7 Å². The fourth-order valence-electron chi connectivity index (χ4n) is 2.77. The Morgan fingerprint density at radius 3 is 2.17 bits per heavy atom. The smallest absolute Gasteiger partial charge is 0.0589 e. The summed E-state index contributed by atoms with van der Waals surface area (Å²) in [4.78, 5) is 7.68. The first-order valence-corrected chi connectivity index (χ1v) is 7.43. The monoisotopic (exact) mass is 255 g/mol. The molecule has 0 amide bonds. The molecule has 1 saturated carbocycles. The summed E-state index contributed by atoms with van der Waals surface area (Å²) in [6.07, 6.45) is 4.27. The predicted octanol–water partition coefficient (Wildman–Crippen LogP) is 0.735. The third-order valence-corrected chi connectivity index (χ3v) is 4.54. The van der Waals surface area contributed by atoms with E-state index >= 15 is 0 Å². The van der Waals surface area contributed by atoms with Crippen LogP contribution in [0.1, 0.15) is 19.3 Å². The first kappa shape index (κ1) is 14.3. The van der Waals surface area contributed by atoms with Gasteiger partial charge in [0.25, 0.3) is 0 Å². The van der Waals surface area contributed by atoms with E-state index in [0.29, 0.717) is 0 Å². The van der Waals surface area contributed by atoms with Gasteiger partial charge in [-0.3, -0.25) is 9.80 Å². The molecule has 2 fully saturated rings. The Kier molecular flexibility index (Phi) is 5.89. The number of hydrogen-bond donors (Lipinski definition) is 0. The molecule has 0 atom stereocenters. The molecule has 1 heterocycles. The highest BCUT2D eigenvalue weighted by Crippen LogP contribution is 2.23. The number of hydrogen-bond acceptors (Lipinski definition) is 4. The number of rotatable bonds is 7. The second kappa shape index (κ2) is 7.43. The molecule has 4 nitrogen and oxygen atoms in total. The van der Waals surface area contributed by atoms with Crippen molar-refractivity contribution in [3.63, 3.8) is 0 Å². The topological polar surface area (TPSA) is 19.0 Å². The van der Waals surface area contributed by atoms with Gasteiger partial charge in [-0.15, -0.1) is 0 Å². The van der Waals surface area contributed by atoms with E-state index in [1.54, 1.807) is 7.11 Å². The molecule has 0 radical (unpaired) electrons. The highest BCUT2D eigenvalue weighted by Gasteiger charge is 2.22. The molecule has 1 saturated heterocycles. The lowest BCUT2D eigenvalue weighted by Crippen LogP contribution is -2.50. The van der Waals surface area contributed by atoms with Gasteiger partial charge in [-0.05, 0) is 19.9 Å². The summed E-state index contributed by atoms with van der Waals surface area (Å²) in [5.74, 6) is 0. The first-order valence-electron chi connectivity index (χ1n) is 7.43. The maximum absolute atomic E-state index is 5.13. The Morgan fingerprint density at radius 1 is 1.06 bits per heavy atom. The van der Waals surface area contributed by atoms with Gasteiger partial charge >= 0.3 is 0 Å². The van der Waals surface area contributed by atoms with Crippen LogP contribution in [-0.4, -0.2) is 87.3 Å². The SMILES string of the molecule is COCCN1CCN(CCN(C)C2CCC2)CC1. The summed E-state index contributed by atoms with van der Waals surface area (Å²) in [6.45, 7) is 9.29. The van der Waals surface area contributed by atoms with Crippen molar-refractivity contribution in [3.05, 3.63) is 0 Å².